The van der Waals surface area contributed by atoms with Crippen molar-refractivity contribution in [2.75, 3.05) is 0 Å². The van der Waals surface area contributed by atoms with Crippen LogP contribution in [-0.4, -0.2) is 12.4 Å². The minimum Gasteiger partial charge on any atom is -0.284 e. The predicted molar refractivity (Wildman–Crippen MR) is 56.3 cm³/mol. The summed E-state index contributed by atoms with van der Waals surface area (Å²) in [6.45, 7) is 0. The molecule has 0 aromatic heterocycles. The molecule has 1 unspecified atom stereocenters. The summed E-state index contributed by atoms with van der Waals surface area (Å²) in [5.74, 6) is -3.71. The maximum absolute atomic E-state index is 13.0. The molecule has 0 amide bonds. The quantitative estimate of drug-likeness (QED) is 0.681. The van der Waals surface area contributed by atoms with E-state index >= 15 is 0 Å². The summed E-state index contributed by atoms with van der Waals surface area (Å²) in [6.07, 6.45) is -1.22. The van der Waals surface area contributed by atoms with E-state index in [1.165, 1.54) is 12.3 Å². The van der Waals surface area contributed by atoms with Crippen LogP contribution in [0.5, 0.6) is 0 Å². The van der Waals surface area contributed by atoms with E-state index in [0.29, 0.717) is 6.07 Å². The fourth-order valence-electron chi connectivity index (χ4n) is 1.84. The molecule has 18 heavy (non-hydrogen) atoms. The Morgan fingerprint density at radius 2 is 1.61 bits per heavy atom. The fourth-order valence-corrected chi connectivity index (χ4v) is 1.84. The lowest BCUT2D eigenvalue weighted by Crippen LogP contribution is -2.28. The third-order valence-corrected chi connectivity index (χ3v) is 2.60. The topological polar surface area (TPSA) is 12.4 Å². The minimum atomic E-state index is -4.51. The van der Waals surface area contributed by atoms with Gasteiger partial charge in [-0.15, -0.1) is 0 Å². The molecule has 0 saturated heterocycles. The van der Waals surface area contributed by atoms with Crippen molar-refractivity contribution >= 4 is 6.21 Å². The van der Waals surface area contributed by atoms with E-state index in [9.17, 15) is 22.0 Å². The van der Waals surface area contributed by atoms with Crippen LogP contribution in [0, 0.1) is 17.6 Å². The maximum Gasteiger partial charge on any atom is 0.397 e. The van der Waals surface area contributed by atoms with Gasteiger partial charge >= 0.3 is 6.18 Å². The lowest BCUT2D eigenvalue weighted by atomic mass is 9.91. The molecule has 1 aliphatic rings. The van der Waals surface area contributed by atoms with Crippen LogP contribution in [0.15, 0.2) is 35.3 Å². The van der Waals surface area contributed by atoms with Crippen molar-refractivity contribution in [2.24, 2.45) is 10.9 Å². The largest absolute Gasteiger partial charge is 0.397 e. The van der Waals surface area contributed by atoms with Gasteiger partial charge in [-0.2, -0.15) is 13.2 Å². The molecule has 0 spiro atoms. The molecule has 2 atom stereocenters. The minimum absolute atomic E-state index is 0.129. The Bertz CT molecular complexity index is 483. The van der Waals surface area contributed by atoms with Crippen LogP contribution in [0.4, 0.5) is 22.0 Å². The number of nitrogens with zero attached hydrogens (tertiary/aromatic N) is 1. The van der Waals surface area contributed by atoms with Crippen LogP contribution in [0.25, 0.3) is 0 Å². The van der Waals surface area contributed by atoms with E-state index in [1.807, 2.05) is 0 Å². The number of hydrogen-bond acceptors (Lipinski definition) is 1. The van der Waals surface area contributed by atoms with Crippen LogP contribution < -0.4 is 0 Å². The van der Waals surface area contributed by atoms with Gasteiger partial charge in [-0.1, -0.05) is 6.08 Å². The van der Waals surface area contributed by atoms with Crippen LogP contribution >= 0.6 is 0 Å². The monoisotopic (exact) mass is 261 g/mol. The number of aliphatic imine (C=N–C) groups is 1. The van der Waals surface area contributed by atoms with Gasteiger partial charge in [0.1, 0.15) is 11.6 Å². The van der Waals surface area contributed by atoms with Gasteiger partial charge in [0.2, 0.25) is 0 Å². The highest BCUT2D eigenvalue weighted by molar-refractivity contribution is 5.72. The zero-order valence-corrected chi connectivity index (χ0v) is 8.96. The summed E-state index contributed by atoms with van der Waals surface area (Å²) in [5, 5.41) is 0. The van der Waals surface area contributed by atoms with E-state index in [0.717, 1.165) is 18.2 Å². The molecule has 2 rings (SSSR count). The number of rotatable bonds is 1. The Hall–Kier alpha value is -1.72. The highest BCUT2D eigenvalue weighted by Gasteiger charge is 2.44. The molecule has 1 aromatic rings. The Kier molecular flexibility index (Phi) is 3.19. The second-order valence-electron chi connectivity index (χ2n) is 3.90. The normalized spacial score (nSPS) is 23.4. The summed E-state index contributed by atoms with van der Waals surface area (Å²) >= 11 is 0. The molecule has 0 radical (unpaired) electrons. The third kappa shape index (κ3) is 2.57. The standard InChI is InChI=1S/C12H8F5N/c13-8-4-7(5-9(14)6-8)11-10(12(15,16)17)2-1-3-18-11/h1-6,10-11H/t10?,11-/m1/s1. The molecule has 0 aliphatic carbocycles. The van der Waals surface area contributed by atoms with Gasteiger partial charge in [-0.3, -0.25) is 4.99 Å². The lowest BCUT2D eigenvalue weighted by Gasteiger charge is -2.25. The molecular weight excluding hydrogens is 253 g/mol. The Labute approximate surface area is 99.6 Å². The number of halogens is 5. The Balaban J connectivity index is 2.41. The summed E-state index contributed by atoms with van der Waals surface area (Å²) in [7, 11) is 0. The Morgan fingerprint density at radius 3 is 2.17 bits per heavy atom. The molecule has 0 fully saturated rings. The Morgan fingerprint density at radius 1 is 1.00 bits per heavy atom. The van der Waals surface area contributed by atoms with Gasteiger partial charge in [0.25, 0.3) is 0 Å². The van der Waals surface area contributed by atoms with Crippen LogP contribution in [-0.2, 0) is 0 Å². The molecular formula is C12H8F5N. The highest BCUT2D eigenvalue weighted by Crippen LogP contribution is 2.40. The first-order valence-corrected chi connectivity index (χ1v) is 5.10. The van der Waals surface area contributed by atoms with Gasteiger partial charge in [0.05, 0.1) is 12.0 Å². The van der Waals surface area contributed by atoms with E-state index in [1.54, 1.807) is 0 Å². The van der Waals surface area contributed by atoms with Crippen molar-refractivity contribution < 1.29 is 22.0 Å². The van der Waals surface area contributed by atoms with Crippen molar-refractivity contribution in [2.45, 2.75) is 12.2 Å². The highest BCUT2D eigenvalue weighted by atomic mass is 19.4. The van der Waals surface area contributed by atoms with E-state index in [2.05, 4.69) is 4.99 Å². The maximum atomic E-state index is 13.0. The molecule has 1 heterocycles. The smallest absolute Gasteiger partial charge is 0.284 e. The molecule has 96 valence electrons. The second kappa shape index (κ2) is 4.51. The molecule has 0 N–H and O–H groups in total. The summed E-state index contributed by atoms with van der Waals surface area (Å²) in [5.41, 5.74) is -0.129. The number of hydrogen-bond donors (Lipinski definition) is 0. The van der Waals surface area contributed by atoms with E-state index in [4.69, 9.17) is 0 Å². The molecule has 1 aliphatic heterocycles. The van der Waals surface area contributed by atoms with Gasteiger partial charge in [0.15, 0.2) is 0 Å². The van der Waals surface area contributed by atoms with Gasteiger partial charge < -0.3 is 0 Å². The van der Waals surface area contributed by atoms with E-state index in [-0.39, 0.29) is 5.56 Å². The van der Waals surface area contributed by atoms with Gasteiger partial charge in [-0.25, -0.2) is 8.78 Å². The molecule has 0 bridgehead atoms. The number of allylic oxidation sites excluding steroid dienone is 1. The van der Waals surface area contributed by atoms with Crippen LogP contribution in [0.1, 0.15) is 11.6 Å². The first-order valence-electron chi connectivity index (χ1n) is 5.10. The number of dihydropyridines is 1. The van der Waals surface area contributed by atoms with Crippen molar-refractivity contribution in [3.63, 3.8) is 0 Å². The molecule has 1 nitrogen and oxygen atoms in total. The van der Waals surface area contributed by atoms with Crippen molar-refractivity contribution in [1.29, 1.82) is 0 Å². The van der Waals surface area contributed by atoms with Crippen LogP contribution in [0.3, 0.4) is 0 Å². The molecule has 6 heteroatoms. The van der Waals surface area contributed by atoms with Crippen molar-refractivity contribution in [3.8, 4) is 0 Å². The van der Waals surface area contributed by atoms with Crippen LogP contribution in [0.2, 0.25) is 0 Å². The first-order chi connectivity index (χ1) is 8.38. The summed E-state index contributed by atoms with van der Waals surface area (Å²) in [4.78, 5) is 3.66. The third-order valence-electron chi connectivity index (χ3n) is 2.60. The molecule has 0 saturated carbocycles. The predicted octanol–water partition coefficient (Wildman–Crippen LogP) is 3.83. The van der Waals surface area contributed by atoms with Gasteiger partial charge in [-0.05, 0) is 23.8 Å². The number of alkyl halides is 3. The molecule has 1 aromatic carbocycles. The first kappa shape index (κ1) is 12.7. The average Bonchev–Trinajstić information content (AvgIpc) is 2.26. The van der Waals surface area contributed by atoms with Gasteiger partial charge in [0, 0.05) is 12.3 Å². The fraction of sp³-hybridized carbons (Fsp3) is 0.250. The summed E-state index contributed by atoms with van der Waals surface area (Å²) in [6, 6.07) is 0.987. The zero-order chi connectivity index (χ0) is 13.3. The summed E-state index contributed by atoms with van der Waals surface area (Å²) < 4.78 is 64.3. The van der Waals surface area contributed by atoms with Crippen molar-refractivity contribution in [1.82, 2.24) is 0 Å². The lowest BCUT2D eigenvalue weighted by molar-refractivity contribution is -0.166. The average molecular weight is 261 g/mol. The SMILES string of the molecule is Fc1cc(F)cc([C@H]2N=CC=CC2C(F)(F)F)c1. The van der Waals surface area contributed by atoms with Crippen molar-refractivity contribution in [3.05, 3.63) is 47.5 Å². The van der Waals surface area contributed by atoms with E-state index < -0.39 is 29.8 Å². The zero-order valence-electron chi connectivity index (χ0n) is 8.96. The second-order valence-corrected chi connectivity index (χ2v) is 3.90. The number of benzene rings is 1.